The van der Waals surface area contributed by atoms with E-state index in [0.717, 1.165) is 11.3 Å². The molecule has 2 aromatic heterocycles. The summed E-state index contributed by atoms with van der Waals surface area (Å²) >= 11 is 0. The molecule has 2 N–H and O–H groups in total. The Morgan fingerprint density at radius 3 is 2.73 bits per heavy atom. The second-order valence-electron chi connectivity index (χ2n) is 5.27. The van der Waals surface area contributed by atoms with Crippen LogP contribution in [0.2, 0.25) is 0 Å². The van der Waals surface area contributed by atoms with E-state index in [9.17, 15) is 4.79 Å². The molecule has 0 fully saturated rings. The molecule has 6 nitrogen and oxygen atoms in total. The first-order valence-electron chi connectivity index (χ1n) is 6.90. The predicted octanol–water partition coefficient (Wildman–Crippen LogP) is 3.13. The van der Waals surface area contributed by atoms with Crippen LogP contribution in [0, 0.1) is 0 Å². The molecule has 0 saturated heterocycles. The molecule has 112 valence electrons. The van der Waals surface area contributed by atoms with Crippen molar-refractivity contribution < 1.29 is 14.4 Å². The lowest BCUT2D eigenvalue weighted by atomic mass is 10.1. The van der Waals surface area contributed by atoms with E-state index in [-0.39, 0.29) is 0 Å². The minimum absolute atomic E-state index is 0.308. The van der Waals surface area contributed by atoms with Crippen molar-refractivity contribution >= 4 is 17.0 Å². The number of hydrogen-bond donors (Lipinski definition) is 2. The zero-order chi connectivity index (χ0) is 15.7. The summed E-state index contributed by atoms with van der Waals surface area (Å²) in [5, 5.41) is 8.66. The van der Waals surface area contributed by atoms with Crippen molar-refractivity contribution in [2.24, 2.45) is 0 Å². The summed E-state index contributed by atoms with van der Waals surface area (Å²) in [4.78, 5) is 20.2. The van der Waals surface area contributed by atoms with Gasteiger partial charge in [0.25, 0.3) is 5.91 Å². The van der Waals surface area contributed by atoms with Gasteiger partial charge in [0.05, 0.1) is 5.56 Å². The Hall–Kier alpha value is -2.73. The summed E-state index contributed by atoms with van der Waals surface area (Å²) in [5.74, 6) is 0.214. The Bertz CT molecular complexity index is 822. The zero-order valence-corrected chi connectivity index (χ0v) is 12.2. The quantitative estimate of drug-likeness (QED) is 0.572. The Morgan fingerprint density at radius 1 is 1.27 bits per heavy atom. The summed E-state index contributed by atoms with van der Waals surface area (Å²) in [6, 6.07) is 8.62. The average molecular weight is 297 g/mol. The lowest BCUT2D eigenvalue weighted by molar-refractivity contribution is 0.0706. The second kappa shape index (κ2) is 5.57. The lowest BCUT2D eigenvalue weighted by Crippen LogP contribution is -2.18. The maximum absolute atomic E-state index is 11.4. The van der Waals surface area contributed by atoms with Crippen molar-refractivity contribution in [2.75, 3.05) is 0 Å². The Balaban J connectivity index is 1.99. The fourth-order valence-electron chi connectivity index (χ4n) is 2.13. The molecule has 0 unspecified atom stereocenters. The number of rotatable bonds is 3. The van der Waals surface area contributed by atoms with Crippen molar-refractivity contribution in [2.45, 2.75) is 19.8 Å². The number of hydroxylamine groups is 1. The highest BCUT2D eigenvalue weighted by Gasteiger charge is 2.12. The maximum atomic E-state index is 11.4. The molecule has 3 aromatic rings. The number of carbonyl (C=O) groups is 1. The van der Waals surface area contributed by atoms with Crippen LogP contribution in [0.15, 0.2) is 40.9 Å². The third-order valence-electron chi connectivity index (χ3n) is 3.38. The van der Waals surface area contributed by atoms with Gasteiger partial charge in [0.1, 0.15) is 5.52 Å². The molecule has 0 atom stereocenters. The van der Waals surface area contributed by atoms with Crippen LogP contribution in [0.4, 0.5) is 0 Å². The van der Waals surface area contributed by atoms with E-state index in [2.05, 4.69) is 23.8 Å². The first-order valence-corrected chi connectivity index (χ1v) is 6.90. The molecule has 0 radical (unpaired) electrons. The zero-order valence-electron chi connectivity index (χ0n) is 12.2. The SMILES string of the molecule is CC(C)c1ccc(-c2nc3cc(C(=O)NO)ccc3o2)cn1. The van der Waals surface area contributed by atoms with Crippen LogP contribution in [-0.2, 0) is 0 Å². The number of benzene rings is 1. The molecule has 6 heteroatoms. The van der Waals surface area contributed by atoms with Gasteiger partial charge in [-0.2, -0.15) is 0 Å². The van der Waals surface area contributed by atoms with E-state index in [4.69, 9.17) is 9.62 Å². The number of nitrogens with zero attached hydrogens (tertiary/aromatic N) is 2. The van der Waals surface area contributed by atoms with Gasteiger partial charge in [-0.25, -0.2) is 10.5 Å². The number of aromatic nitrogens is 2. The Labute approximate surface area is 126 Å². The van der Waals surface area contributed by atoms with Gasteiger partial charge in [0.15, 0.2) is 5.58 Å². The monoisotopic (exact) mass is 297 g/mol. The van der Waals surface area contributed by atoms with E-state index in [1.54, 1.807) is 29.9 Å². The van der Waals surface area contributed by atoms with E-state index < -0.39 is 5.91 Å². The van der Waals surface area contributed by atoms with Crippen LogP contribution in [0.3, 0.4) is 0 Å². The number of carbonyl (C=O) groups excluding carboxylic acids is 1. The van der Waals surface area contributed by atoms with Crippen molar-refractivity contribution in [1.29, 1.82) is 0 Å². The van der Waals surface area contributed by atoms with E-state index >= 15 is 0 Å². The summed E-state index contributed by atoms with van der Waals surface area (Å²) in [5.41, 5.74) is 4.79. The van der Waals surface area contributed by atoms with Gasteiger partial charge in [-0.05, 0) is 36.2 Å². The third-order valence-corrected chi connectivity index (χ3v) is 3.38. The molecule has 0 aliphatic carbocycles. The fourth-order valence-corrected chi connectivity index (χ4v) is 2.13. The summed E-state index contributed by atoms with van der Waals surface area (Å²) in [6.07, 6.45) is 1.72. The molecule has 2 heterocycles. The minimum atomic E-state index is -0.589. The molecule has 0 spiro atoms. The van der Waals surface area contributed by atoms with E-state index in [1.165, 1.54) is 0 Å². The molecule has 1 aromatic carbocycles. The van der Waals surface area contributed by atoms with Gasteiger partial charge < -0.3 is 4.42 Å². The highest BCUT2D eigenvalue weighted by atomic mass is 16.5. The van der Waals surface area contributed by atoms with Gasteiger partial charge >= 0.3 is 0 Å². The fraction of sp³-hybridized carbons (Fsp3) is 0.188. The largest absolute Gasteiger partial charge is 0.436 e. The van der Waals surface area contributed by atoms with Gasteiger partial charge in [-0.1, -0.05) is 13.8 Å². The van der Waals surface area contributed by atoms with Gasteiger partial charge in [0, 0.05) is 17.5 Å². The van der Waals surface area contributed by atoms with Crippen LogP contribution < -0.4 is 5.48 Å². The average Bonchev–Trinajstić information content (AvgIpc) is 2.97. The number of oxazole rings is 1. The van der Waals surface area contributed by atoms with Crippen LogP contribution in [0.5, 0.6) is 0 Å². The minimum Gasteiger partial charge on any atom is -0.436 e. The number of hydrogen-bond acceptors (Lipinski definition) is 5. The first kappa shape index (κ1) is 14.2. The first-order chi connectivity index (χ1) is 10.6. The van der Waals surface area contributed by atoms with Crippen molar-refractivity contribution in [1.82, 2.24) is 15.4 Å². The molecule has 3 rings (SSSR count). The van der Waals surface area contributed by atoms with E-state index in [1.807, 2.05) is 12.1 Å². The van der Waals surface area contributed by atoms with Crippen molar-refractivity contribution in [3.05, 3.63) is 47.8 Å². The van der Waals surface area contributed by atoms with Crippen molar-refractivity contribution in [3.63, 3.8) is 0 Å². The lowest BCUT2D eigenvalue weighted by Gasteiger charge is -2.03. The summed E-state index contributed by atoms with van der Waals surface area (Å²) in [7, 11) is 0. The molecule has 0 aliphatic rings. The van der Waals surface area contributed by atoms with Crippen LogP contribution in [0.25, 0.3) is 22.6 Å². The predicted molar refractivity (Wildman–Crippen MR) is 80.6 cm³/mol. The molecule has 0 aliphatic heterocycles. The van der Waals surface area contributed by atoms with Crippen LogP contribution in [0.1, 0.15) is 35.8 Å². The molecule has 0 saturated carbocycles. The van der Waals surface area contributed by atoms with Gasteiger partial charge in [-0.15, -0.1) is 0 Å². The van der Waals surface area contributed by atoms with Gasteiger partial charge in [0.2, 0.25) is 5.89 Å². The normalized spacial score (nSPS) is 11.1. The number of nitrogens with one attached hydrogen (secondary N) is 1. The highest BCUT2D eigenvalue weighted by molar-refractivity contribution is 5.96. The van der Waals surface area contributed by atoms with Gasteiger partial charge in [-0.3, -0.25) is 15.0 Å². The summed E-state index contributed by atoms with van der Waals surface area (Å²) < 4.78 is 5.68. The Kier molecular flexibility index (Phi) is 3.60. The summed E-state index contributed by atoms with van der Waals surface area (Å²) in [6.45, 7) is 4.16. The number of pyridine rings is 1. The molecule has 22 heavy (non-hydrogen) atoms. The van der Waals surface area contributed by atoms with Crippen LogP contribution >= 0.6 is 0 Å². The third kappa shape index (κ3) is 2.56. The number of amides is 1. The molecule has 0 bridgehead atoms. The molecular formula is C16H15N3O3. The number of fused-ring (bicyclic) bond motifs is 1. The maximum Gasteiger partial charge on any atom is 0.274 e. The molecule has 1 amide bonds. The van der Waals surface area contributed by atoms with Crippen molar-refractivity contribution in [3.8, 4) is 11.5 Å². The smallest absolute Gasteiger partial charge is 0.274 e. The second-order valence-corrected chi connectivity index (χ2v) is 5.27. The van der Waals surface area contributed by atoms with E-state index in [0.29, 0.717) is 28.5 Å². The topological polar surface area (TPSA) is 88.2 Å². The molecular weight excluding hydrogens is 282 g/mol. The Morgan fingerprint density at radius 2 is 2.09 bits per heavy atom. The van der Waals surface area contributed by atoms with Crippen LogP contribution in [-0.4, -0.2) is 21.1 Å². The standard InChI is InChI=1S/C16H15N3O3/c1-9(2)12-5-3-11(8-17-12)16-18-13-7-10(15(20)19-21)4-6-14(13)22-16/h3-9,21H,1-2H3,(H,19,20). The highest BCUT2D eigenvalue weighted by Crippen LogP contribution is 2.25.